The van der Waals surface area contributed by atoms with Gasteiger partial charge in [-0.15, -0.1) is 0 Å². The topological polar surface area (TPSA) is 18.5 Å². The molecule has 0 bridgehead atoms. The smallest absolute Gasteiger partial charge is 0.188 e. The highest BCUT2D eigenvalue weighted by molar-refractivity contribution is 5.33. The molecule has 2 nitrogen and oxygen atoms in total. The summed E-state index contributed by atoms with van der Waals surface area (Å²) in [7, 11) is 1.65. The Morgan fingerprint density at radius 1 is 0.944 bits per heavy atom. The van der Waals surface area contributed by atoms with Gasteiger partial charge in [0.15, 0.2) is 6.79 Å². The Morgan fingerprint density at radius 2 is 1.67 bits per heavy atom. The number of para-hydroxylation sites is 1. The fourth-order valence-electron chi connectivity index (χ4n) is 2.07. The highest BCUT2D eigenvalue weighted by Crippen LogP contribution is 2.20. The Labute approximate surface area is 111 Å². The second kappa shape index (κ2) is 9.95. The van der Waals surface area contributed by atoms with Gasteiger partial charge in [0.25, 0.3) is 0 Å². The third-order valence-corrected chi connectivity index (χ3v) is 3.10. The molecule has 1 aromatic rings. The molecule has 1 rings (SSSR count). The van der Waals surface area contributed by atoms with Crippen molar-refractivity contribution in [3.8, 4) is 5.75 Å². The molecule has 0 aliphatic carbocycles. The lowest BCUT2D eigenvalue weighted by Crippen LogP contribution is -2.01. The molecular formula is C16H26O2. The summed E-state index contributed by atoms with van der Waals surface area (Å²) in [6, 6.07) is 8.25. The molecule has 1 aromatic carbocycles. The fourth-order valence-corrected chi connectivity index (χ4v) is 2.07. The molecule has 2 heteroatoms. The van der Waals surface area contributed by atoms with E-state index >= 15 is 0 Å². The lowest BCUT2D eigenvalue weighted by molar-refractivity contribution is 0.0504. The average molecular weight is 250 g/mol. The summed E-state index contributed by atoms with van der Waals surface area (Å²) in [5.41, 5.74) is 1.30. The number of hydrogen-bond acceptors (Lipinski definition) is 2. The maximum atomic E-state index is 5.56. The Bertz CT molecular complexity index is 310. The number of methoxy groups -OCH3 is 1. The zero-order valence-corrected chi connectivity index (χ0v) is 11.8. The van der Waals surface area contributed by atoms with Crippen LogP contribution in [0.5, 0.6) is 5.75 Å². The van der Waals surface area contributed by atoms with E-state index in [1.807, 2.05) is 12.1 Å². The van der Waals surface area contributed by atoms with Gasteiger partial charge in [-0.05, 0) is 24.5 Å². The van der Waals surface area contributed by atoms with Crippen molar-refractivity contribution in [1.29, 1.82) is 0 Å². The van der Waals surface area contributed by atoms with Crippen LogP contribution in [0.15, 0.2) is 24.3 Å². The third kappa shape index (κ3) is 6.06. The van der Waals surface area contributed by atoms with E-state index in [0.29, 0.717) is 6.79 Å². The van der Waals surface area contributed by atoms with Crippen LogP contribution in [0.3, 0.4) is 0 Å². The lowest BCUT2D eigenvalue weighted by atomic mass is 10.0. The summed E-state index contributed by atoms with van der Waals surface area (Å²) in [5, 5.41) is 0. The molecule has 0 saturated heterocycles. The highest BCUT2D eigenvalue weighted by Gasteiger charge is 2.02. The molecule has 0 fully saturated rings. The van der Waals surface area contributed by atoms with E-state index in [1.165, 1.54) is 44.1 Å². The Kier molecular flexibility index (Phi) is 8.32. The zero-order chi connectivity index (χ0) is 13.1. The first-order valence-electron chi connectivity index (χ1n) is 7.08. The first-order chi connectivity index (χ1) is 8.88. The standard InChI is InChI=1S/C16H26O2/c1-3-4-5-6-7-8-11-15-12-9-10-13-16(15)18-14-17-2/h9-10,12-13H,3-8,11,14H2,1-2H3. The minimum absolute atomic E-state index is 0.327. The van der Waals surface area contributed by atoms with Crippen LogP contribution in [0.25, 0.3) is 0 Å². The van der Waals surface area contributed by atoms with Crippen molar-refractivity contribution in [2.75, 3.05) is 13.9 Å². The highest BCUT2D eigenvalue weighted by atomic mass is 16.7. The predicted molar refractivity (Wildman–Crippen MR) is 76.0 cm³/mol. The summed E-state index contributed by atoms with van der Waals surface area (Å²) in [6.07, 6.45) is 9.08. The van der Waals surface area contributed by atoms with Crippen molar-refractivity contribution in [3.05, 3.63) is 29.8 Å². The second-order valence-electron chi connectivity index (χ2n) is 4.68. The summed E-state index contributed by atoms with van der Waals surface area (Å²) in [6.45, 7) is 2.58. The van der Waals surface area contributed by atoms with Gasteiger partial charge < -0.3 is 9.47 Å². The monoisotopic (exact) mass is 250 g/mol. The van der Waals surface area contributed by atoms with Crippen molar-refractivity contribution >= 4 is 0 Å². The number of aryl methyl sites for hydroxylation is 1. The Hall–Kier alpha value is -1.02. The molecule has 0 aliphatic rings. The van der Waals surface area contributed by atoms with Gasteiger partial charge in [0.1, 0.15) is 5.75 Å². The third-order valence-electron chi connectivity index (χ3n) is 3.10. The van der Waals surface area contributed by atoms with Crippen molar-refractivity contribution in [2.45, 2.75) is 51.9 Å². The first-order valence-corrected chi connectivity index (χ1v) is 7.08. The SMILES string of the molecule is CCCCCCCCc1ccccc1OCOC. The van der Waals surface area contributed by atoms with Gasteiger partial charge in [-0.3, -0.25) is 0 Å². The molecule has 102 valence electrons. The Morgan fingerprint density at radius 3 is 2.44 bits per heavy atom. The van der Waals surface area contributed by atoms with E-state index in [2.05, 4.69) is 19.1 Å². The Balaban J connectivity index is 2.27. The number of unbranched alkanes of at least 4 members (excludes halogenated alkanes) is 5. The van der Waals surface area contributed by atoms with Gasteiger partial charge in [0.05, 0.1) is 0 Å². The molecule has 18 heavy (non-hydrogen) atoms. The predicted octanol–water partition coefficient (Wildman–Crippen LogP) is 4.57. The molecule has 0 unspecified atom stereocenters. The molecular weight excluding hydrogens is 224 g/mol. The van der Waals surface area contributed by atoms with Crippen molar-refractivity contribution in [3.63, 3.8) is 0 Å². The number of hydrogen-bond donors (Lipinski definition) is 0. The molecule has 0 N–H and O–H groups in total. The quantitative estimate of drug-likeness (QED) is 0.447. The minimum atomic E-state index is 0.327. The van der Waals surface area contributed by atoms with Crippen molar-refractivity contribution in [2.24, 2.45) is 0 Å². The largest absolute Gasteiger partial charge is 0.467 e. The molecule has 0 heterocycles. The van der Waals surface area contributed by atoms with E-state index in [0.717, 1.165) is 12.2 Å². The lowest BCUT2D eigenvalue weighted by Gasteiger charge is -2.10. The second-order valence-corrected chi connectivity index (χ2v) is 4.68. The van der Waals surface area contributed by atoms with E-state index in [-0.39, 0.29) is 0 Å². The van der Waals surface area contributed by atoms with Crippen LogP contribution in [0.4, 0.5) is 0 Å². The van der Waals surface area contributed by atoms with Gasteiger partial charge in [-0.1, -0.05) is 57.2 Å². The van der Waals surface area contributed by atoms with Gasteiger partial charge in [-0.2, -0.15) is 0 Å². The van der Waals surface area contributed by atoms with Crippen LogP contribution in [-0.4, -0.2) is 13.9 Å². The number of benzene rings is 1. The zero-order valence-electron chi connectivity index (χ0n) is 11.8. The fraction of sp³-hybridized carbons (Fsp3) is 0.625. The van der Waals surface area contributed by atoms with Crippen LogP contribution in [0, 0.1) is 0 Å². The summed E-state index contributed by atoms with van der Waals surface area (Å²) in [5.74, 6) is 0.966. The van der Waals surface area contributed by atoms with E-state index < -0.39 is 0 Å². The van der Waals surface area contributed by atoms with Gasteiger partial charge in [0, 0.05) is 7.11 Å². The van der Waals surface area contributed by atoms with Gasteiger partial charge in [0.2, 0.25) is 0 Å². The van der Waals surface area contributed by atoms with Crippen LogP contribution in [-0.2, 0) is 11.2 Å². The minimum Gasteiger partial charge on any atom is -0.467 e. The van der Waals surface area contributed by atoms with Crippen LogP contribution >= 0.6 is 0 Å². The maximum absolute atomic E-state index is 5.56. The van der Waals surface area contributed by atoms with E-state index in [9.17, 15) is 0 Å². The van der Waals surface area contributed by atoms with E-state index in [1.54, 1.807) is 7.11 Å². The molecule has 0 aromatic heterocycles. The molecule has 0 amide bonds. The van der Waals surface area contributed by atoms with Crippen molar-refractivity contribution < 1.29 is 9.47 Å². The normalized spacial score (nSPS) is 10.6. The average Bonchev–Trinajstić information content (AvgIpc) is 2.41. The molecule has 0 spiro atoms. The van der Waals surface area contributed by atoms with Crippen LogP contribution < -0.4 is 4.74 Å². The number of rotatable bonds is 10. The van der Waals surface area contributed by atoms with Crippen LogP contribution in [0.1, 0.15) is 51.0 Å². The molecule has 0 saturated carbocycles. The van der Waals surface area contributed by atoms with Gasteiger partial charge >= 0.3 is 0 Å². The maximum Gasteiger partial charge on any atom is 0.188 e. The van der Waals surface area contributed by atoms with Crippen molar-refractivity contribution in [1.82, 2.24) is 0 Å². The summed E-state index contributed by atoms with van der Waals surface area (Å²) in [4.78, 5) is 0. The molecule has 0 aliphatic heterocycles. The first kappa shape index (κ1) is 15.0. The van der Waals surface area contributed by atoms with Gasteiger partial charge in [-0.25, -0.2) is 0 Å². The summed E-state index contributed by atoms with van der Waals surface area (Å²) < 4.78 is 10.5. The molecule has 0 radical (unpaired) electrons. The van der Waals surface area contributed by atoms with E-state index in [4.69, 9.17) is 9.47 Å². The van der Waals surface area contributed by atoms with Crippen LogP contribution in [0.2, 0.25) is 0 Å². The number of ether oxygens (including phenoxy) is 2. The molecule has 0 atom stereocenters. The summed E-state index contributed by atoms with van der Waals surface area (Å²) >= 11 is 0.